The van der Waals surface area contributed by atoms with Crippen LogP contribution < -0.4 is 0 Å². The highest BCUT2D eigenvalue weighted by Crippen LogP contribution is 2.20. The summed E-state index contributed by atoms with van der Waals surface area (Å²) in [5.74, 6) is -1.08. The fraction of sp³-hybridized carbons (Fsp3) is 0.529. The third kappa shape index (κ3) is 4.28. The molecule has 0 bridgehead atoms. The van der Waals surface area contributed by atoms with Gasteiger partial charge in [-0.15, -0.1) is 0 Å². The van der Waals surface area contributed by atoms with Crippen molar-refractivity contribution < 1.29 is 23.5 Å². The van der Waals surface area contributed by atoms with Gasteiger partial charge in [0.15, 0.2) is 5.78 Å². The van der Waals surface area contributed by atoms with Gasteiger partial charge in [-0.2, -0.15) is 0 Å². The first-order valence-electron chi connectivity index (χ1n) is 7.57. The lowest BCUT2D eigenvalue weighted by atomic mass is 10.0. The summed E-state index contributed by atoms with van der Waals surface area (Å²) in [7, 11) is 0. The number of ether oxygens (including phenoxy) is 2. The molecule has 2 rings (SSSR count). The molecule has 1 unspecified atom stereocenters. The van der Waals surface area contributed by atoms with E-state index in [0.717, 1.165) is 5.56 Å². The molecule has 126 valence electrons. The van der Waals surface area contributed by atoms with Gasteiger partial charge in [0.05, 0.1) is 18.8 Å². The van der Waals surface area contributed by atoms with E-state index >= 15 is 0 Å². The predicted octanol–water partition coefficient (Wildman–Crippen LogP) is 2.95. The molecule has 5 nitrogen and oxygen atoms in total. The van der Waals surface area contributed by atoms with E-state index in [9.17, 15) is 14.0 Å². The molecule has 1 heterocycles. The Hall–Kier alpha value is -1.95. The highest BCUT2D eigenvalue weighted by atomic mass is 19.1. The largest absolute Gasteiger partial charge is 0.444 e. The smallest absolute Gasteiger partial charge is 0.411 e. The average Bonchev–Trinajstić information content (AvgIpc) is 2.47. The Balaban J connectivity index is 2.25. The number of aryl methyl sites for hydroxylation is 1. The first kappa shape index (κ1) is 17.4. The van der Waals surface area contributed by atoms with Crippen LogP contribution in [0.5, 0.6) is 0 Å². The van der Waals surface area contributed by atoms with Crippen LogP contribution in [-0.4, -0.2) is 48.2 Å². The number of hydrogen-bond acceptors (Lipinski definition) is 4. The zero-order valence-corrected chi connectivity index (χ0v) is 13.9. The highest BCUT2D eigenvalue weighted by molar-refractivity contribution is 6.02. The molecular formula is C17H22FNO4. The average molecular weight is 323 g/mol. The van der Waals surface area contributed by atoms with Gasteiger partial charge in [0.25, 0.3) is 0 Å². The number of nitrogens with zero attached hydrogens (tertiary/aromatic N) is 1. The van der Waals surface area contributed by atoms with E-state index in [-0.39, 0.29) is 18.7 Å². The molecule has 0 radical (unpaired) electrons. The molecule has 1 aliphatic heterocycles. The summed E-state index contributed by atoms with van der Waals surface area (Å²) in [5, 5.41) is 0. The number of morpholine rings is 1. The van der Waals surface area contributed by atoms with Crippen LogP contribution in [-0.2, 0) is 9.47 Å². The van der Waals surface area contributed by atoms with Gasteiger partial charge in [-0.25, -0.2) is 9.18 Å². The van der Waals surface area contributed by atoms with Gasteiger partial charge in [0, 0.05) is 6.54 Å². The molecule has 1 fully saturated rings. The molecule has 1 saturated heterocycles. The number of carbonyl (C=O) groups is 2. The van der Waals surface area contributed by atoms with Gasteiger partial charge in [0.2, 0.25) is 0 Å². The van der Waals surface area contributed by atoms with Crippen molar-refractivity contribution in [3.8, 4) is 0 Å². The van der Waals surface area contributed by atoms with Crippen molar-refractivity contribution in [2.24, 2.45) is 0 Å². The normalized spacial score (nSPS) is 18.7. The van der Waals surface area contributed by atoms with E-state index in [4.69, 9.17) is 9.47 Å². The first-order valence-corrected chi connectivity index (χ1v) is 7.57. The molecule has 1 aromatic carbocycles. The van der Waals surface area contributed by atoms with Crippen molar-refractivity contribution >= 4 is 11.9 Å². The lowest BCUT2D eigenvalue weighted by Gasteiger charge is -2.35. The summed E-state index contributed by atoms with van der Waals surface area (Å²) in [6.45, 7) is 7.62. The lowest BCUT2D eigenvalue weighted by Crippen LogP contribution is -2.54. The molecule has 0 aromatic heterocycles. The molecule has 0 aliphatic carbocycles. The maximum absolute atomic E-state index is 14.0. The second kappa shape index (κ2) is 6.66. The number of carbonyl (C=O) groups excluding carboxylic acids is 2. The molecular weight excluding hydrogens is 301 g/mol. The second-order valence-corrected chi connectivity index (χ2v) is 6.61. The van der Waals surface area contributed by atoms with Crippen LogP contribution in [0.1, 0.15) is 36.7 Å². The minimum Gasteiger partial charge on any atom is -0.444 e. The van der Waals surface area contributed by atoms with Crippen molar-refractivity contribution in [1.29, 1.82) is 0 Å². The van der Waals surface area contributed by atoms with Gasteiger partial charge in [-0.3, -0.25) is 9.69 Å². The minimum absolute atomic E-state index is 0.0332. The number of benzene rings is 1. The zero-order valence-electron chi connectivity index (χ0n) is 13.9. The topological polar surface area (TPSA) is 55.8 Å². The first-order chi connectivity index (χ1) is 10.7. The third-order valence-electron chi connectivity index (χ3n) is 3.45. The minimum atomic E-state index is -0.880. The van der Waals surface area contributed by atoms with Crippen LogP contribution in [0.4, 0.5) is 9.18 Å². The Morgan fingerprint density at radius 2 is 2.04 bits per heavy atom. The molecule has 0 spiro atoms. The van der Waals surface area contributed by atoms with Gasteiger partial charge < -0.3 is 9.47 Å². The summed E-state index contributed by atoms with van der Waals surface area (Å²) < 4.78 is 24.6. The molecule has 0 saturated carbocycles. The van der Waals surface area contributed by atoms with Crippen LogP contribution in [0.15, 0.2) is 18.2 Å². The molecule has 23 heavy (non-hydrogen) atoms. The van der Waals surface area contributed by atoms with Crippen molar-refractivity contribution in [2.75, 3.05) is 19.8 Å². The Morgan fingerprint density at radius 3 is 2.70 bits per heavy atom. The molecule has 1 amide bonds. The highest BCUT2D eigenvalue weighted by Gasteiger charge is 2.36. The van der Waals surface area contributed by atoms with Crippen molar-refractivity contribution in [3.63, 3.8) is 0 Å². The predicted molar refractivity (Wildman–Crippen MR) is 83.0 cm³/mol. The van der Waals surface area contributed by atoms with Crippen LogP contribution in [0, 0.1) is 12.7 Å². The Bertz CT molecular complexity index is 609. The third-order valence-corrected chi connectivity index (χ3v) is 3.45. The van der Waals surface area contributed by atoms with Crippen LogP contribution in [0.2, 0.25) is 0 Å². The number of halogens is 1. The van der Waals surface area contributed by atoms with Crippen molar-refractivity contribution in [1.82, 2.24) is 4.90 Å². The van der Waals surface area contributed by atoms with E-state index < -0.39 is 29.3 Å². The number of hydrogen-bond donors (Lipinski definition) is 0. The second-order valence-electron chi connectivity index (χ2n) is 6.61. The van der Waals surface area contributed by atoms with E-state index in [2.05, 4.69) is 0 Å². The Labute approximate surface area is 135 Å². The Morgan fingerprint density at radius 1 is 1.35 bits per heavy atom. The van der Waals surface area contributed by atoms with Crippen LogP contribution >= 0.6 is 0 Å². The molecule has 1 aliphatic rings. The fourth-order valence-electron chi connectivity index (χ4n) is 2.37. The fourth-order valence-corrected chi connectivity index (χ4v) is 2.37. The number of Topliss-reactive ketones (excluding diaryl/α,β-unsaturated/α-hetero) is 1. The maximum Gasteiger partial charge on any atom is 0.411 e. The summed E-state index contributed by atoms with van der Waals surface area (Å²) in [6, 6.07) is 3.45. The summed E-state index contributed by atoms with van der Waals surface area (Å²) in [6.07, 6.45) is -0.591. The quantitative estimate of drug-likeness (QED) is 0.785. The van der Waals surface area contributed by atoms with Crippen LogP contribution in [0.25, 0.3) is 0 Å². The van der Waals surface area contributed by atoms with E-state index in [1.165, 1.54) is 17.0 Å². The molecule has 6 heteroatoms. The van der Waals surface area contributed by atoms with Crippen molar-refractivity contribution in [3.05, 3.63) is 35.1 Å². The molecule has 1 aromatic rings. The van der Waals surface area contributed by atoms with Gasteiger partial charge >= 0.3 is 6.09 Å². The number of amides is 1. The SMILES string of the molecule is Cc1ccc(F)c(C(=O)C2COCCN2C(=O)OC(C)(C)C)c1. The van der Waals surface area contributed by atoms with E-state index in [0.29, 0.717) is 6.61 Å². The zero-order chi connectivity index (χ0) is 17.2. The maximum atomic E-state index is 14.0. The molecule has 0 N–H and O–H groups in total. The lowest BCUT2D eigenvalue weighted by molar-refractivity contribution is -0.0266. The summed E-state index contributed by atoms with van der Waals surface area (Å²) >= 11 is 0. The van der Waals surface area contributed by atoms with Gasteiger partial charge in [0.1, 0.15) is 17.5 Å². The summed E-state index contributed by atoms with van der Waals surface area (Å²) in [4.78, 5) is 26.3. The van der Waals surface area contributed by atoms with Gasteiger partial charge in [-0.05, 0) is 39.8 Å². The van der Waals surface area contributed by atoms with Crippen LogP contribution in [0.3, 0.4) is 0 Å². The number of rotatable bonds is 2. The van der Waals surface area contributed by atoms with Crippen molar-refractivity contribution in [2.45, 2.75) is 39.3 Å². The monoisotopic (exact) mass is 323 g/mol. The van der Waals surface area contributed by atoms with Gasteiger partial charge in [-0.1, -0.05) is 11.6 Å². The summed E-state index contributed by atoms with van der Waals surface area (Å²) in [5.41, 5.74) is 0.0711. The number of ketones is 1. The Kier molecular flexibility index (Phi) is 5.04. The van der Waals surface area contributed by atoms with E-state index in [1.54, 1.807) is 33.8 Å². The van der Waals surface area contributed by atoms with E-state index in [1.807, 2.05) is 0 Å². The molecule has 1 atom stereocenters. The standard InChI is InChI=1S/C17H22FNO4/c1-11-5-6-13(18)12(9-11)15(20)14-10-22-8-7-19(14)16(21)23-17(2,3)4/h5-6,9,14H,7-8,10H2,1-4H3.